The van der Waals surface area contributed by atoms with E-state index in [0.717, 1.165) is 30.7 Å². The third-order valence-corrected chi connectivity index (χ3v) is 5.54. The summed E-state index contributed by atoms with van der Waals surface area (Å²) < 4.78 is 11.7. The fourth-order valence-corrected chi connectivity index (χ4v) is 3.65. The molecule has 1 aliphatic heterocycles. The minimum absolute atomic E-state index is 0.156. The van der Waals surface area contributed by atoms with E-state index in [4.69, 9.17) is 9.47 Å². The molecule has 1 amide bonds. The molecule has 0 bridgehead atoms. The lowest BCUT2D eigenvalue weighted by atomic mass is 10.1. The van der Waals surface area contributed by atoms with Gasteiger partial charge < -0.3 is 19.7 Å². The standard InChI is InChI=1S/C24H35N5O4/c1-17(11-14-28-12-7-6-8-13-28)22(30)26-20-15-19(18-9-10-21(32-5)25-16-18)27-29(20)23(31)33-24(2,3)4/h9-10,15-17H,6-8,11-14H2,1-5H3,(H,26,30). The summed E-state index contributed by atoms with van der Waals surface area (Å²) in [7, 11) is 1.54. The van der Waals surface area contributed by atoms with Gasteiger partial charge in [0.25, 0.3) is 0 Å². The van der Waals surface area contributed by atoms with Gasteiger partial charge in [0, 0.05) is 29.8 Å². The lowest BCUT2D eigenvalue weighted by molar-refractivity contribution is -0.119. The van der Waals surface area contributed by atoms with Crippen molar-refractivity contribution in [2.75, 3.05) is 32.1 Å². The van der Waals surface area contributed by atoms with Crippen LogP contribution in [0.25, 0.3) is 11.3 Å². The summed E-state index contributed by atoms with van der Waals surface area (Å²) in [6.07, 6.45) is 5.42. The van der Waals surface area contributed by atoms with Gasteiger partial charge >= 0.3 is 6.09 Å². The molecule has 1 atom stereocenters. The summed E-state index contributed by atoms with van der Waals surface area (Å²) in [5.74, 6) is 0.377. The zero-order valence-electron chi connectivity index (χ0n) is 20.3. The first-order valence-electron chi connectivity index (χ1n) is 11.5. The first kappa shape index (κ1) is 24.7. The Bertz CT molecular complexity index is 943. The van der Waals surface area contributed by atoms with E-state index in [0.29, 0.717) is 17.1 Å². The van der Waals surface area contributed by atoms with E-state index in [-0.39, 0.29) is 17.6 Å². The Hall–Kier alpha value is -2.94. The first-order valence-corrected chi connectivity index (χ1v) is 11.5. The predicted molar refractivity (Wildman–Crippen MR) is 126 cm³/mol. The second kappa shape index (κ2) is 10.8. The molecule has 2 aromatic rings. The number of nitrogens with zero attached hydrogens (tertiary/aromatic N) is 4. The van der Waals surface area contributed by atoms with E-state index in [2.05, 4.69) is 20.3 Å². The second-order valence-electron chi connectivity index (χ2n) is 9.48. The Balaban J connectivity index is 1.76. The first-order chi connectivity index (χ1) is 15.7. The molecule has 3 rings (SSSR count). The molecule has 180 valence electrons. The molecule has 3 heterocycles. The van der Waals surface area contributed by atoms with Crippen LogP contribution in [0, 0.1) is 5.92 Å². The summed E-state index contributed by atoms with van der Waals surface area (Å²) in [5, 5.41) is 7.26. The molecule has 1 N–H and O–H groups in total. The van der Waals surface area contributed by atoms with Gasteiger partial charge in [0.15, 0.2) is 0 Å². The van der Waals surface area contributed by atoms with Gasteiger partial charge in [-0.05, 0) is 65.7 Å². The lowest BCUT2D eigenvalue weighted by Crippen LogP contribution is -2.33. The molecule has 0 spiro atoms. The van der Waals surface area contributed by atoms with Crippen molar-refractivity contribution in [1.29, 1.82) is 0 Å². The van der Waals surface area contributed by atoms with Gasteiger partial charge in [-0.2, -0.15) is 5.10 Å². The van der Waals surface area contributed by atoms with E-state index < -0.39 is 11.7 Å². The molecular weight excluding hydrogens is 422 g/mol. The zero-order valence-corrected chi connectivity index (χ0v) is 20.3. The Labute approximate surface area is 195 Å². The van der Waals surface area contributed by atoms with Crippen LogP contribution >= 0.6 is 0 Å². The average molecular weight is 458 g/mol. The molecule has 0 aromatic carbocycles. The maximum Gasteiger partial charge on any atom is 0.437 e. The van der Waals surface area contributed by atoms with E-state index in [9.17, 15) is 9.59 Å². The highest BCUT2D eigenvalue weighted by molar-refractivity contribution is 5.94. The average Bonchev–Trinajstić information content (AvgIpc) is 3.21. The van der Waals surface area contributed by atoms with Crippen LogP contribution in [0.3, 0.4) is 0 Å². The number of anilines is 1. The number of aromatic nitrogens is 3. The van der Waals surface area contributed by atoms with E-state index >= 15 is 0 Å². The summed E-state index contributed by atoms with van der Waals surface area (Å²) in [4.78, 5) is 32.3. The third-order valence-electron chi connectivity index (χ3n) is 5.54. The summed E-state index contributed by atoms with van der Waals surface area (Å²) >= 11 is 0. The van der Waals surface area contributed by atoms with Crippen LogP contribution < -0.4 is 10.1 Å². The maximum atomic E-state index is 12.9. The second-order valence-corrected chi connectivity index (χ2v) is 9.48. The Morgan fingerprint density at radius 3 is 2.52 bits per heavy atom. The van der Waals surface area contributed by atoms with Crippen LogP contribution in [0.5, 0.6) is 5.88 Å². The van der Waals surface area contributed by atoms with Crippen LogP contribution in [-0.2, 0) is 9.53 Å². The van der Waals surface area contributed by atoms with Crippen molar-refractivity contribution in [2.24, 2.45) is 5.92 Å². The number of hydrogen-bond donors (Lipinski definition) is 1. The van der Waals surface area contributed by atoms with E-state index in [1.807, 2.05) is 6.92 Å². The van der Waals surface area contributed by atoms with Gasteiger partial charge in [0.1, 0.15) is 11.4 Å². The smallest absolute Gasteiger partial charge is 0.437 e. The predicted octanol–water partition coefficient (Wildman–Crippen LogP) is 4.19. The van der Waals surface area contributed by atoms with Gasteiger partial charge in [-0.15, -0.1) is 4.68 Å². The normalized spacial score (nSPS) is 15.7. The number of carbonyl (C=O) groups is 2. The Kier molecular flexibility index (Phi) is 8.07. The van der Waals surface area contributed by atoms with Crippen LogP contribution in [0.15, 0.2) is 24.4 Å². The summed E-state index contributed by atoms with van der Waals surface area (Å²) in [6, 6.07) is 5.16. The van der Waals surface area contributed by atoms with Crippen molar-refractivity contribution in [1.82, 2.24) is 19.7 Å². The highest BCUT2D eigenvalue weighted by atomic mass is 16.6. The topological polar surface area (TPSA) is 98.6 Å². The molecule has 1 aliphatic rings. The van der Waals surface area contributed by atoms with Crippen LogP contribution in [-0.4, -0.2) is 64.0 Å². The minimum atomic E-state index is -0.701. The minimum Gasteiger partial charge on any atom is -0.481 e. The molecule has 9 nitrogen and oxygen atoms in total. The number of ether oxygens (including phenoxy) is 2. The number of methoxy groups -OCH3 is 1. The van der Waals surface area contributed by atoms with Gasteiger partial charge in [0.05, 0.1) is 12.8 Å². The number of rotatable bonds is 7. The molecule has 33 heavy (non-hydrogen) atoms. The van der Waals surface area contributed by atoms with Crippen LogP contribution in [0.4, 0.5) is 10.6 Å². The quantitative estimate of drug-likeness (QED) is 0.666. The van der Waals surface area contributed by atoms with Crippen LogP contribution in [0.2, 0.25) is 0 Å². The SMILES string of the molecule is COc1ccc(-c2cc(NC(=O)C(C)CCN3CCCCC3)n(C(=O)OC(C)(C)C)n2)cn1. The van der Waals surface area contributed by atoms with Crippen molar-refractivity contribution in [3.63, 3.8) is 0 Å². The molecule has 2 aromatic heterocycles. The number of likely N-dealkylation sites (tertiary alicyclic amines) is 1. The Morgan fingerprint density at radius 2 is 1.91 bits per heavy atom. The largest absolute Gasteiger partial charge is 0.481 e. The number of hydrogen-bond acceptors (Lipinski definition) is 7. The number of amides is 1. The van der Waals surface area contributed by atoms with Gasteiger partial charge in [-0.3, -0.25) is 4.79 Å². The molecule has 0 aliphatic carbocycles. The Morgan fingerprint density at radius 1 is 1.18 bits per heavy atom. The molecule has 1 fully saturated rings. The molecular formula is C24H35N5O4. The van der Waals surface area contributed by atoms with Crippen LogP contribution in [0.1, 0.15) is 53.4 Å². The number of carbonyl (C=O) groups excluding carboxylic acids is 2. The number of nitrogens with one attached hydrogen (secondary N) is 1. The summed E-state index contributed by atoms with van der Waals surface area (Å²) in [6.45, 7) is 10.3. The van der Waals surface area contributed by atoms with E-state index in [1.54, 1.807) is 52.3 Å². The van der Waals surface area contributed by atoms with Crippen molar-refractivity contribution >= 4 is 17.8 Å². The number of piperidine rings is 1. The monoisotopic (exact) mass is 457 g/mol. The third kappa shape index (κ3) is 7.02. The highest BCUT2D eigenvalue weighted by Crippen LogP contribution is 2.24. The number of pyridine rings is 1. The van der Waals surface area contributed by atoms with Crippen molar-refractivity contribution in [3.05, 3.63) is 24.4 Å². The van der Waals surface area contributed by atoms with Crippen molar-refractivity contribution in [2.45, 2.75) is 59.0 Å². The zero-order chi connectivity index (χ0) is 24.0. The lowest BCUT2D eigenvalue weighted by Gasteiger charge is -2.27. The van der Waals surface area contributed by atoms with Gasteiger partial charge in [-0.1, -0.05) is 13.3 Å². The molecule has 1 saturated heterocycles. The highest BCUT2D eigenvalue weighted by Gasteiger charge is 2.25. The van der Waals surface area contributed by atoms with Gasteiger partial charge in [-0.25, -0.2) is 9.78 Å². The molecule has 1 unspecified atom stereocenters. The molecule has 0 saturated carbocycles. The fourth-order valence-electron chi connectivity index (χ4n) is 3.65. The molecule has 9 heteroatoms. The van der Waals surface area contributed by atoms with Crippen molar-refractivity contribution in [3.8, 4) is 17.1 Å². The maximum absolute atomic E-state index is 12.9. The molecule has 0 radical (unpaired) electrons. The van der Waals surface area contributed by atoms with Crippen molar-refractivity contribution < 1.29 is 19.1 Å². The van der Waals surface area contributed by atoms with E-state index in [1.165, 1.54) is 19.3 Å². The summed E-state index contributed by atoms with van der Waals surface area (Å²) in [5.41, 5.74) is 0.479. The fraction of sp³-hybridized carbons (Fsp3) is 0.583. The van der Waals surface area contributed by atoms with Gasteiger partial charge in [0.2, 0.25) is 11.8 Å².